The van der Waals surface area contributed by atoms with Gasteiger partial charge in [0.25, 0.3) is 0 Å². The molecule has 2 atom stereocenters. The Morgan fingerprint density at radius 1 is 1.35 bits per heavy atom. The molecule has 20 heavy (non-hydrogen) atoms. The van der Waals surface area contributed by atoms with Gasteiger partial charge < -0.3 is 10.1 Å². The average molecular weight is 308 g/mol. The fraction of sp³-hybridized carbons (Fsp3) is 0.533. The molecule has 0 aliphatic heterocycles. The Hall–Kier alpha value is -0.940. The highest BCUT2D eigenvalue weighted by Crippen LogP contribution is 2.33. The fourth-order valence-electron chi connectivity index (χ4n) is 2.80. The number of thiazole rings is 1. The summed E-state index contributed by atoms with van der Waals surface area (Å²) in [5.74, 6) is 0.896. The van der Waals surface area contributed by atoms with Crippen LogP contribution in [0.25, 0.3) is 10.2 Å². The maximum Gasteiger partial charge on any atom is 0.184 e. The van der Waals surface area contributed by atoms with E-state index in [-0.39, 0.29) is 0 Å². The van der Waals surface area contributed by atoms with Crippen LogP contribution in [-0.4, -0.2) is 29.6 Å². The molecule has 0 radical (unpaired) electrons. The molecular formula is C15H20N2OS2. The molecule has 1 heterocycles. The number of benzene rings is 1. The quantitative estimate of drug-likeness (QED) is 0.908. The van der Waals surface area contributed by atoms with Crippen molar-refractivity contribution >= 4 is 38.4 Å². The second kappa shape index (κ2) is 6.22. The minimum atomic E-state index is 0.557. The number of rotatable bonds is 4. The van der Waals surface area contributed by atoms with Gasteiger partial charge in [-0.3, -0.25) is 0 Å². The number of methoxy groups -OCH3 is 1. The molecule has 1 aliphatic rings. The number of hydrogen-bond acceptors (Lipinski definition) is 5. The molecule has 1 saturated carbocycles. The highest BCUT2D eigenvalue weighted by Gasteiger charge is 2.24. The van der Waals surface area contributed by atoms with Gasteiger partial charge in [0, 0.05) is 11.3 Å². The summed E-state index contributed by atoms with van der Waals surface area (Å²) < 4.78 is 6.45. The molecule has 2 aromatic rings. The Morgan fingerprint density at radius 2 is 2.20 bits per heavy atom. The van der Waals surface area contributed by atoms with Crippen molar-refractivity contribution < 1.29 is 4.74 Å². The van der Waals surface area contributed by atoms with Gasteiger partial charge in [0.2, 0.25) is 0 Å². The Bertz CT molecular complexity index is 584. The molecule has 1 aromatic heterocycles. The summed E-state index contributed by atoms with van der Waals surface area (Å²) in [6, 6.07) is 6.62. The maximum atomic E-state index is 5.27. The highest BCUT2D eigenvalue weighted by atomic mass is 32.2. The minimum absolute atomic E-state index is 0.557. The third-order valence-electron chi connectivity index (χ3n) is 3.91. The molecular weight excluding hydrogens is 288 g/mol. The van der Waals surface area contributed by atoms with Crippen molar-refractivity contribution in [2.45, 2.75) is 37.0 Å². The number of aromatic nitrogens is 1. The lowest BCUT2D eigenvalue weighted by Gasteiger charge is -2.30. The maximum absolute atomic E-state index is 5.27. The van der Waals surface area contributed by atoms with Crippen LogP contribution in [0.1, 0.15) is 25.7 Å². The van der Waals surface area contributed by atoms with Crippen LogP contribution in [0.3, 0.4) is 0 Å². The fourth-order valence-corrected chi connectivity index (χ4v) is 4.69. The SMILES string of the molecule is COc1ccc2nc(NC3CCCCC3SC)sc2c1. The van der Waals surface area contributed by atoms with Crippen LogP contribution < -0.4 is 10.1 Å². The molecule has 0 saturated heterocycles. The van der Waals surface area contributed by atoms with Gasteiger partial charge in [-0.05, 0) is 37.3 Å². The first-order valence-corrected chi connectivity index (χ1v) is 9.14. The molecule has 1 aromatic carbocycles. The van der Waals surface area contributed by atoms with Crippen LogP contribution in [0.2, 0.25) is 0 Å². The van der Waals surface area contributed by atoms with E-state index in [1.54, 1.807) is 18.4 Å². The van der Waals surface area contributed by atoms with Crippen molar-refractivity contribution in [1.29, 1.82) is 0 Å². The van der Waals surface area contributed by atoms with Gasteiger partial charge in [-0.1, -0.05) is 24.2 Å². The number of anilines is 1. The zero-order chi connectivity index (χ0) is 13.9. The van der Waals surface area contributed by atoms with Gasteiger partial charge in [-0.2, -0.15) is 11.8 Å². The Labute approximate surface area is 128 Å². The van der Waals surface area contributed by atoms with E-state index in [0.717, 1.165) is 16.4 Å². The van der Waals surface area contributed by atoms with Crippen molar-refractivity contribution in [3.63, 3.8) is 0 Å². The molecule has 3 rings (SSSR count). The molecule has 5 heteroatoms. The van der Waals surface area contributed by atoms with E-state index >= 15 is 0 Å². The molecule has 0 bridgehead atoms. The van der Waals surface area contributed by atoms with Crippen LogP contribution in [0.15, 0.2) is 18.2 Å². The first-order valence-electron chi connectivity index (χ1n) is 7.04. The summed E-state index contributed by atoms with van der Waals surface area (Å²) in [6.07, 6.45) is 7.48. The number of hydrogen-bond donors (Lipinski definition) is 1. The predicted molar refractivity (Wildman–Crippen MR) is 89.4 cm³/mol. The second-order valence-electron chi connectivity index (χ2n) is 5.16. The number of nitrogens with one attached hydrogen (secondary N) is 1. The molecule has 1 aliphatic carbocycles. The zero-order valence-electron chi connectivity index (χ0n) is 11.9. The van der Waals surface area contributed by atoms with E-state index in [0.29, 0.717) is 11.3 Å². The molecule has 0 spiro atoms. The first kappa shape index (κ1) is 14.0. The lowest BCUT2D eigenvalue weighted by molar-refractivity contribution is 0.415. The number of fused-ring (bicyclic) bond motifs is 1. The van der Waals surface area contributed by atoms with Crippen molar-refractivity contribution in [2.75, 3.05) is 18.7 Å². The van der Waals surface area contributed by atoms with Crippen LogP contribution in [-0.2, 0) is 0 Å². The Kier molecular flexibility index (Phi) is 4.36. The molecule has 3 nitrogen and oxygen atoms in total. The monoisotopic (exact) mass is 308 g/mol. The molecule has 108 valence electrons. The standard InChI is InChI=1S/C15H20N2OS2/c1-18-10-7-8-12-14(9-10)20-15(17-12)16-11-5-3-4-6-13(11)19-2/h7-9,11,13H,3-6H2,1-2H3,(H,16,17). The van der Waals surface area contributed by atoms with Crippen LogP contribution in [0.5, 0.6) is 5.75 Å². The lowest BCUT2D eigenvalue weighted by Crippen LogP contribution is -2.34. The van der Waals surface area contributed by atoms with Gasteiger partial charge in [0.05, 0.1) is 17.3 Å². The van der Waals surface area contributed by atoms with Crippen molar-refractivity contribution in [3.05, 3.63) is 18.2 Å². The predicted octanol–water partition coefficient (Wildman–Crippen LogP) is 4.39. The minimum Gasteiger partial charge on any atom is -0.497 e. The topological polar surface area (TPSA) is 34.1 Å². The highest BCUT2D eigenvalue weighted by molar-refractivity contribution is 7.99. The van der Waals surface area contributed by atoms with E-state index in [4.69, 9.17) is 9.72 Å². The second-order valence-corrected chi connectivity index (χ2v) is 7.27. The average Bonchev–Trinajstić information content (AvgIpc) is 2.89. The number of thioether (sulfide) groups is 1. The molecule has 1 fully saturated rings. The van der Waals surface area contributed by atoms with Crippen LogP contribution >= 0.6 is 23.1 Å². The van der Waals surface area contributed by atoms with Crippen molar-refractivity contribution in [2.24, 2.45) is 0 Å². The van der Waals surface area contributed by atoms with Crippen LogP contribution in [0.4, 0.5) is 5.13 Å². The van der Waals surface area contributed by atoms with Gasteiger partial charge in [-0.15, -0.1) is 0 Å². The molecule has 1 N–H and O–H groups in total. The normalized spacial score (nSPS) is 22.9. The van der Waals surface area contributed by atoms with E-state index < -0.39 is 0 Å². The zero-order valence-corrected chi connectivity index (χ0v) is 13.5. The Balaban J connectivity index is 1.79. The summed E-state index contributed by atoms with van der Waals surface area (Å²) in [4.78, 5) is 4.69. The number of nitrogens with zero attached hydrogens (tertiary/aromatic N) is 1. The van der Waals surface area contributed by atoms with E-state index in [2.05, 4.69) is 17.6 Å². The van der Waals surface area contributed by atoms with E-state index in [1.807, 2.05) is 23.9 Å². The van der Waals surface area contributed by atoms with Gasteiger partial charge in [-0.25, -0.2) is 4.98 Å². The summed E-state index contributed by atoms with van der Waals surface area (Å²) in [5.41, 5.74) is 1.05. The van der Waals surface area contributed by atoms with Gasteiger partial charge in [0.15, 0.2) is 5.13 Å². The summed E-state index contributed by atoms with van der Waals surface area (Å²) in [5, 5.41) is 5.41. The summed E-state index contributed by atoms with van der Waals surface area (Å²) in [7, 11) is 1.70. The summed E-state index contributed by atoms with van der Waals surface area (Å²) in [6.45, 7) is 0. The summed E-state index contributed by atoms with van der Waals surface area (Å²) >= 11 is 3.70. The third-order valence-corrected chi connectivity index (χ3v) is 6.03. The van der Waals surface area contributed by atoms with Gasteiger partial charge in [0.1, 0.15) is 5.75 Å². The number of ether oxygens (including phenoxy) is 1. The van der Waals surface area contributed by atoms with Crippen molar-refractivity contribution in [3.8, 4) is 5.75 Å². The van der Waals surface area contributed by atoms with Crippen LogP contribution in [0, 0.1) is 0 Å². The Morgan fingerprint density at radius 3 is 3.00 bits per heavy atom. The lowest BCUT2D eigenvalue weighted by atomic mass is 9.95. The van der Waals surface area contributed by atoms with Crippen molar-refractivity contribution in [1.82, 2.24) is 4.98 Å². The first-order chi connectivity index (χ1) is 9.80. The van der Waals surface area contributed by atoms with E-state index in [9.17, 15) is 0 Å². The largest absolute Gasteiger partial charge is 0.497 e. The third kappa shape index (κ3) is 2.88. The smallest absolute Gasteiger partial charge is 0.184 e. The molecule has 2 unspecified atom stereocenters. The van der Waals surface area contributed by atoms with E-state index in [1.165, 1.54) is 30.4 Å². The van der Waals surface area contributed by atoms with Gasteiger partial charge >= 0.3 is 0 Å². The molecule has 0 amide bonds.